The first-order valence-electron chi connectivity index (χ1n) is 7.92. The topological polar surface area (TPSA) is 32.7 Å². The zero-order chi connectivity index (χ0) is 15.4. The summed E-state index contributed by atoms with van der Waals surface area (Å²) in [5.74, 6) is 0. The number of hydrogen-bond donors (Lipinski definition) is 1. The monoisotopic (exact) mass is 297 g/mol. The van der Waals surface area contributed by atoms with Crippen molar-refractivity contribution >= 4 is 0 Å². The number of β-amino-alcohol motifs (C(OH)–C–C–N with tert-alkyl or cyclic N) is 1. The molecule has 0 spiro atoms. The number of aliphatic hydroxyl groups is 1. The average Bonchev–Trinajstić information content (AvgIpc) is 2.89. The third-order valence-corrected chi connectivity index (χ3v) is 4.16. The predicted octanol–water partition coefficient (Wildman–Crippen LogP) is 2.94. The second-order valence-corrected chi connectivity index (χ2v) is 5.82. The molecule has 2 aromatic rings. The minimum absolute atomic E-state index is 0.0476. The number of ether oxygens (including phenoxy) is 1. The van der Waals surface area contributed by atoms with Crippen molar-refractivity contribution < 1.29 is 9.84 Å². The first kappa shape index (κ1) is 15.2. The van der Waals surface area contributed by atoms with Gasteiger partial charge in [0.05, 0.1) is 12.2 Å². The molecule has 1 aliphatic heterocycles. The standard InChI is InChI=1S/C19H23NO2/c1-2-22-19-14-20(13-18(19)21)12-15-8-10-17(11-9-15)16-6-4-3-5-7-16/h3-11,18-19,21H,2,12-14H2,1H3/t18-,19-/m0/s1. The van der Waals surface area contributed by atoms with Gasteiger partial charge in [0.2, 0.25) is 0 Å². The van der Waals surface area contributed by atoms with Crippen molar-refractivity contribution in [3.63, 3.8) is 0 Å². The highest BCUT2D eigenvalue weighted by Gasteiger charge is 2.31. The van der Waals surface area contributed by atoms with Gasteiger partial charge in [0, 0.05) is 26.2 Å². The first-order chi connectivity index (χ1) is 10.8. The van der Waals surface area contributed by atoms with E-state index in [1.54, 1.807) is 0 Å². The Bertz CT molecular complexity index is 582. The van der Waals surface area contributed by atoms with Crippen LogP contribution in [0.5, 0.6) is 0 Å². The lowest BCUT2D eigenvalue weighted by Crippen LogP contribution is -2.26. The van der Waals surface area contributed by atoms with Crippen molar-refractivity contribution in [2.75, 3.05) is 19.7 Å². The third-order valence-electron chi connectivity index (χ3n) is 4.16. The maximum absolute atomic E-state index is 9.99. The molecule has 0 radical (unpaired) electrons. The smallest absolute Gasteiger partial charge is 0.0972 e. The zero-order valence-corrected chi connectivity index (χ0v) is 13.0. The molecule has 3 rings (SSSR count). The molecule has 2 aromatic carbocycles. The van der Waals surface area contributed by atoms with Crippen LogP contribution in [0.1, 0.15) is 12.5 Å². The summed E-state index contributed by atoms with van der Waals surface area (Å²) in [4.78, 5) is 2.25. The van der Waals surface area contributed by atoms with E-state index in [0.29, 0.717) is 13.2 Å². The molecule has 0 aromatic heterocycles. The van der Waals surface area contributed by atoms with Gasteiger partial charge in [-0.2, -0.15) is 0 Å². The molecule has 0 bridgehead atoms. The first-order valence-corrected chi connectivity index (χ1v) is 7.92. The summed E-state index contributed by atoms with van der Waals surface area (Å²) in [6.07, 6.45) is -0.419. The molecular weight excluding hydrogens is 274 g/mol. The Hall–Kier alpha value is -1.68. The van der Waals surface area contributed by atoms with Gasteiger partial charge in [-0.05, 0) is 23.6 Å². The van der Waals surface area contributed by atoms with Gasteiger partial charge in [0.25, 0.3) is 0 Å². The molecule has 0 unspecified atom stereocenters. The van der Waals surface area contributed by atoms with Crippen molar-refractivity contribution in [2.45, 2.75) is 25.7 Å². The van der Waals surface area contributed by atoms with Gasteiger partial charge in [-0.3, -0.25) is 4.90 Å². The maximum Gasteiger partial charge on any atom is 0.0972 e. The SMILES string of the molecule is CCO[C@H]1CN(Cc2ccc(-c3ccccc3)cc2)C[C@@H]1O. The highest BCUT2D eigenvalue weighted by Crippen LogP contribution is 2.21. The minimum atomic E-state index is -0.372. The second-order valence-electron chi connectivity index (χ2n) is 5.82. The van der Waals surface area contributed by atoms with E-state index in [1.165, 1.54) is 16.7 Å². The van der Waals surface area contributed by atoms with Crippen LogP contribution in [-0.4, -0.2) is 41.9 Å². The molecule has 0 amide bonds. The molecule has 0 saturated carbocycles. The van der Waals surface area contributed by atoms with Crippen LogP contribution in [0, 0.1) is 0 Å². The summed E-state index contributed by atoms with van der Waals surface area (Å²) in [6, 6.07) is 19.1. The van der Waals surface area contributed by atoms with Crippen molar-refractivity contribution in [1.82, 2.24) is 4.90 Å². The average molecular weight is 297 g/mol. The Morgan fingerprint density at radius 2 is 1.68 bits per heavy atom. The summed E-state index contributed by atoms with van der Waals surface area (Å²) in [7, 11) is 0. The molecular formula is C19H23NO2. The van der Waals surface area contributed by atoms with Gasteiger partial charge in [-0.25, -0.2) is 0 Å². The molecule has 3 nitrogen and oxygen atoms in total. The summed E-state index contributed by atoms with van der Waals surface area (Å²) in [6.45, 7) is 4.97. The van der Waals surface area contributed by atoms with Crippen LogP contribution in [-0.2, 0) is 11.3 Å². The fraction of sp³-hybridized carbons (Fsp3) is 0.368. The summed E-state index contributed by atoms with van der Waals surface area (Å²) >= 11 is 0. The van der Waals surface area contributed by atoms with E-state index in [9.17, 15) is 5.11 Å². The molecule has 1 saturated heterocycles. The Morgan fingerprint density at radius 1 is 1.00 bits per heavy atom. The molecule has 1 aliphatic rings. The number of hydrogen-bond acceptors (Lipinski definition) is 3. The predicted molar refractivity (Wildman–Crippen MR) is 88.6 cm³/mol. The van der Waals surface area contributed by atoms with E-state index in [0.717, 1.165) is 13.1 Å². The van der Waals surface area contributed by atoms with Gasteiger partial charge in [-0.15, -0.1) is 0 Å². The van der Waals surface area contributed by atoms with Crippen molar-refractivity contribution in [3.05, 3.63) is 60.2 Å². The van der Waals surface area contributed by atoms with E-state index in [4.69, 9.17) is 4.74 Å². The van der Waals surface area contributed by atoms with Gasteiger partial charge in [0.15, 0.2) is 0 Å². The Morgan fingerprint density at radius 3 is 2.36 bits per heavy atom. The Balaban J connectivity index is 1.62. The fourth-order valence-electron chi connectivity index (χ4n) is 3.03. The van der Waals surface area contributed by atoms with Crippen LogP contribution in [0.3, 0.4) is 0 Å². The number of benzene rings is 2. The summed E-state index contributed by atoms with van der Waals surface area (Å²) in [5.41, 5.74) is 3.74. The van der Waals surface area contributed by atoms with Gasteiger partial charge in [-0.1, -0.05) is 54.6 Å². The Kier molecular flexibility index (Phi) is 4.88. The third kappa shape index (κ3) is 3.55. The van der Waals surface area contributed by atoms with Crippen LogP contribution in [0.4, 0.5) is 0 Å². The number of likely N-dealkylation sites (tertiary alicyclic amines) is 1. The van der Waals surface area contributed by atoms with Gasteiger partial charge < -0.3 is 9.84 Å². The van der Waals surface area contributed by atoms with Crippen LogP contribution in [0.25, 0.3) is 11.1 Å². The lowest BCUT2D eigenvalue weighted by Gasteiger charge is -2.16. The minimum Gasteiger partial charge on any atom is -0.389 e. The Labute approximate surface area is 132 Å². The largest absolute Gasteiger partial charge is 0.389 e. The molecule has 2 atom stereocenters. The van der Waals surface area contributed by atoms with Crippen LogP contribution >= 0.6 is 0 Å². The number of nitrogens with zero attached hydrogens (tertiary/aromatic N) is 1. The van der Waals surface area contributed by atoms with Crippen LogP contribution in [0.15, 0.2) is 54.6 Å². The van der Waals surface area contributed by atoms with E-state index in [-0.39, 0.29) is 12.2 Å². The molecule has 116 valence electrons. The normalized spacial score (nSPS) is 22.1. The maximum atomic E-state index is 9.99. The van der Waals surface area contributed by atoms with Gasteiger partial charge >= 0.3 is 0 Å². The van der Waals surface area contributed by atoms with Crippen LogP contribution < -0.4 is 0 Å². The number of aliphatic hydroxyl groups excluding tert-OH is 1. The van der Waals surface area contributed by atoms with Gasteiger partial charge in [0.1, 0.15) is 0 Å². The summed E-state index contributed by atoms with van der Waals surface area (Å²) < 4.78 is 5.57. The van der Waals surface area contributed by atoms with Crippen molar-refractivity contribution in [3.8, 4) is 11.1 Å². The van der Waals surface area contributed by atoms with E-state index in [1.807, 2.05) is 13.0 Å². The lowest BCUT2D eigenvalue weighted by atomic mass is 10.0. The van der Waals surface area contributed by atoms with Crippen molar-refractivity contribution in [2.24, 2.45) is 0 Å². The highest BCUT2D eigenvalue weighted by molar-refractivity contribution is 5.63. The zero-order valence-electron chi connectivity index (χ0n) is 13.0. The van der Waals surface area contributed by atoms with E-state index >= 15 is 0 Å². The van der Waals surface area contributed by atoms with Crippen molar-refractivity contribution in [1.29, 1.82) is 0 Å². The molecule has 1 N–H and O–H groups in total. The van der Waals surface area contributed by atoms with E-state index in [2.05, 4.69) is 53.4 Å². The quantitative estimate of drug-likeness (QED) is 0.921. The lowest BCUT2D eigenvalue weighted by molar-refractivity contribution is -0.00245. The molecule has 3 heteroatoms. The highest BCUT2D eigenvalue weighted by atomic mass is 16.5. The van der Waals surface area contributed by atoms with E-state index < -0.39 is 0 Å². The second kappa shape index (κ2) is 7.05. The number of rotatable bonds is 5. The summed E-state index contributed by atoms with van der Waals surface area (Å²) in [5, 5.41) is 9.99. The molecule has 22 heavy (non-hydrogen) atoms. The molecule has 1 fully saturated rings. The fourth-order valence-corrected chi connectivity index (χ4v) is 3.03. The molecule has 1 heterocycles. The molecule has 0 aliphatic carbocycles. The van der Waals surface area contributed by atoms with Crippen LogP contribution in [0.2, 0.25) is 0 Å².